The second-order valence-electron chi connectivity index (χ2n) is 4.29. The van der Waals surface area contributed by atoms with Crippen LogP contribution in [0.3, 0.4) is 0 Å². The van der Waals surface area contributed by atoms with Gasteiger partial charge in [-0.1, -0.05) is 11.6 Å². The van der Waals surface area contributed by atoms with Gasteiger partial charge in [0.2, 0.25) is 5.91 Å². The van der Waals surface area contributed by atoms with E-state index in [4.69, 9.17) is 17.3 Å². The van der Waals surface area contributed by atoms with Gasteiger partial charge in [0.15, 0.2) is 0 Å². The first-order valence-electron chi connectivity index (χ1n) is 4.94. The summed E-state index contributed by atoms with van der Waals surface area (Å²) in [6.45, 7) is 3.64. The molecule has 94 valence electrons. The number of anilines is 1. The SMILES string of the molecule is CC(C)(CN)C(=O)Nc1c(Cl)cc(F)cc1Br. The minimum absolute atomic E-state index is 0.137. The van der Waals surface area contributed by atoms with Crippen molar-refractivity contribution in [3.05, 3.63) is 27.4 Å². The van der Waals surface area contributed by atoms with E-state index in [0.717, 1.165) is 6.07 Å². The number of rotatable bonds is 3. The smallest absolute Gasteiger partial charge is 0.231 e. The molecule has 3 nitrogen and oxygen atoms in total. The number of carbonyl (C=O) groups excluding carboxylic acids is 1. The first-order chi connectivity index (χ1) is 7.77. The summed E-state index contributed by atoms with van der Waals surface area (Å²) < 4.78 is 13.4. The zero-order chi connectivity index (χ0) is 13.2. The predicted octanol–water partition coefficient (Wildman–Crippen LogP) is 3.17. The van der Waals surface area contributed by atoms with Crippen LogP contribution in [0.5, 0.6) is 0 Å². The molecule has 0 bridgehead atoms. The van der Waals surface area contributed by atoms with Gasteiger partial charge >= 0.3 is 0 Å². The largest absolute Gasteiger partial charge is 0.329 e. The molecule has 3 N–H and O–H groups in total. The van der Waals surface area contributed by atoms with Gasteiger partial charge in [-0.05, 0) is 41.9 Å². The molecule has 0 saturated carbocycles. The van der Waals surface area contributed by atoms with E-state index in [1.165, 1.54) is 6.07 Å². The van der Waals surface area contributed by atoms with E-state index in [2.05, 4.69) is 21.2 Å². The molecule has 0 spiro atoms. The molecule has 1 aromatic rings. The molecule has 0 saturated heterocycles. The van der Waals surface area contributed by atoms with Gasteiger partial charge in [0.25, 0.3) is 0 Å². The maximum atomic E-state index is 13.0. The van der Waals surface area contributed by atoms with Crippen molar-refractivity contribution in [2.75, 3.05) is 11.9 Å². The fourth-order valence-corrected chi connectivity index (χ4v) is 1.94. The number of hydrogen-bond donors (Lipinski definition) is 2. The van der Waals surface area contributed by atoms with Gasteiger partial charge in [0, 0.05) is 11.0 Å². The minimum Gasteiger partial charge on any atom is -0.329 e. The van der Waals surface area contributed by atoms with Crippen molar-refractivity contribution < 1.29 is 9.18 Å². The van der Waals surface area contributed by atoms with Crippen molar-refractivity contribution in [3.8, 4) is 0 Å². The highest BCUT2D eigenvalue weighted by molar-refractivity contribution is 9.10. The molecule has 0 atom stereocenters. The lowest BCUT2D eigenvalue weighted by Gasteiger charge is -2.22. The molecule has 0 heterocycles. The fourth-order valence-electron chi connectivity index (χ4n) is 1.04. The molecular weight excluding hydrogens is 310 g/mol. The second kappa shape index (κ2) is 5.33. The van der Waals surface area contributed by atoms with E-state index in [-0.39, 0.29) is 17.5 Å². The molecular formula is C11H13BrClFN2O. The summed E-state index contributed by atoms with van der Waals surface area (Å²) in [6.07, 6.45) is 0. The van der Waals surface area contributed by atoms with Crippen LogP contribution in [0, 0.1) is 11.2 Å². The average Bonchev–Trinajstić information content (AvgIpc) is 2.22. The van der Waals surface area contributed by atoms with Gasteiger partial charge in [0.05, 0.1) is 16.1 Å². The summed E-state index contributed by atoms with van der Waals surface area (Å²) in [6, 6.07) is 2.37. The zero-order valence-corrected chi connectivity index (χ0v) is 11.8. The van der Waals surface area contributed by atoms with Crippen LogP contribution in [-0.4, -0.2) is 12.5 Å². The number of amides is 1. The molecule has 0 aliphatic carbocycles. The molecule has 0 radical (unpaired) electrons. The van der Waals surface area contributed by atoms with Crippen LogP contribution in [0.1, 0.15) is 13.8 Å². The third-order valence-electron chi connectivity index (χ3n) is 2.37. The summed E-state index contributed by atoms with van der Waals surface area (Å²) in [5.41, 5.74) is 5.13. The molecule has 0 aliphatic rings. The Bertz CT molecular complexity index is 428. The Balaban J connectivity index is 3.01. The van der Waals surface area contributed by atoms with Crippen LogP contribution in [0.15, 0.2) is 16.6 Å². The normalized spacial score (nSPS) is 11.4. The fraction of sp³-hybridized carbons (Fsp3) is 0.364. The number of nitrogens with one attached hydrogen (secondary N) is 1. The molecule has 1 rings (SSSR count). The molecule has 17 heavy (non-hydrogen) atoms. The number of nitrogens with two attached hydrogens (primary N) is 1. The Labute approximate surface area is 113 Å². The Morgan fingerprint density at radius 3 is 2.65 bits per heavy atom. The van der Waals surface area contributed by atoms with E-state index < -0.39 is 11.2 Å². The second-order valence-corrected chi connectivity index (χ2v) is 5.55. The highest BCUT2D eigenvalue weighted by Gasteiger charge is 2.27. The standard InChI is InChI=1S/C11H13BrClFN2O/c1-11(2,5-15)10(17)16-9-7(12)3-6(14)4-8(9)13/h3-4H,5,15H2,1-2H3,(H,16,17). The molecule has 6 heteroatoms. The number of halogens is 3. The maximum Gasteiger partial charge on any atom is 0.231 e. The van der Waals surface area contributed by atoms with Crippen LogP contribution in [0.2, 0.25) is 5.02 Å². The van der Waals surface area contributed by atoms with Crippen LogP contribution >= 0.6 is 27.5 Å². The zero-order valence-electron chi connectivity index (χ0n) is 9.48. The lowest BCUT2D eigenvalue weighted by atomic mass is 9.92. The molecule has 1 aromatic carbocycles. The summed E-state index contributed by atoms with van der Waals surface area (Å²) in [7, 11) is 0. The third-order valence-corrected chi connectivity index (χ3v) is 3.29. The summed E-state index contributed by atoms with van der Waals surface area (Å²) in [5, 5.41) is 2.77. The summed E-state index contributed by atoms with van der Waals surface area (Å²) in [5.74, 6) is -0.743. The van der Waals surface area contributed by atoms with Gasteiger partial charge in [-0.15, -0.1) is 0 Å². The van der Waals surface area contributed by atoms with E-state index in [0.29, 0.717) is 10.2 Å². The maximum absolute atomic E-state index is 13.0. The lowest BCUT2D eigenvalue weighted by Crippen LogP contribution is -2.37. The predicted molar refractivity (Wildman–Crippen MR) is 70.6 cm³/mol. The molecule has 0 aromatic heterocycles. The Kier molecular flexibility index (Phi) is 4.52. The first kappa shape index (κ1) is 14.4. The van der Waals surface area contributed by atoms with Crippen molar-refractivity contribution in [2.45, 2.75) is 13.8 Å². The lowest BCUT2D eigenvalue weighted by molar-refractivity contribution is -0.123. The van der Waals surface area contributed by atoms with E-state index in [1.54, 1.807) is 13.8 Å². The number of carbonyl (C=O) groups is 1. The van der Waals surface area contributed by atoms with Crippen molar-refractivity contribution in [1.29, 1.82) is 0 Å². The van der Waals surface area contributed by atoms with Crippen LogP contribution in [-0.2, 0) is 4.79 Å². The van der Waals surface area contributed by atoms with Crippen molar-refractivity contribution in [3.63, 3.8) is 0 Å². The highest BCUT2D eigenvalue weighted by Crippen LogP contribution is 2.32. The monoisotopic (exact) mass is 322 g/mol. The quantitative estimate of drug-likeness (QED) is 0.897. The van der Waals surface area contributed by atoms with Gasteiger partial charge in [-0.2, -0.15) is 0 Å². The van der Waals surface area contributed by atoms with E-state index in [9.17, 15) is 9.18 Å². The summed E-state index contributed by atoms with van der Waals surface area (Å²) in [4.78, 5) is 11.9. The van der Waals surface area contributed by atoms with Gasteiger partial charge in [-0.3, -0.25) is 4.79 Å². The Morgan fingerprint density at radius 2 is 2.18 bits per heavy atom. The number of benzene rings is 1. The van der Waals surface area contributed by atoms with Crippen molar-refractivity contribution >= 4 is 39.1 Å². The molecule has 0 fully saturated rings. The first-order valence-corrected chi connectivity index (χ1v) is 6.11. The van der Waals surface area contributed by atoms with Gasteiger partial charge < -0.3 is 11.1 Å². The Morgan fingerprint density at radius 1 is 1.59 bits per heavy atom. The van der Waals surface area contributed by atoms with Crippen LogP contribution in [0.4, 0.5) is 10.1 Å². The summed E-state index contributed by atoms with van der Waals surface area (Å²) >= 11 is 9.00. The van der Waals surface area contributed by atoms with Crippen LogP contribution in [0.25, 0.3) is 0 Å². The average molecular weight is 324 g/mol. The van der Waals surface area contributed by atoms with Crippen molar-refractivity contribution in [2.24, 2.45) is 11.1 Å². The van der Waals surface area contributed by atoms with Gasteiger partial charge in [0.1, 0.15) is 5.82 Å². The van der Waals surface area contributed by atoms with Crippen LogP contribution < -0.4 is 11.1 Å². The van der Waals surface area contributed by atoms with Crippen molar-refractivity contribution in [1.82, 2.24) is 0 Å². The van der Waals surface area contributed by atoms with Gasteiger partial charge in [-0.25, -0.2) is 4.39 Å². The minimum atomic E-state index is -0.711. The highest BCUT2D eigenvalue weighted by atomic mass is 79.9. The van der Waals surface area contributed by atoms with E-state index >= 15 is 0 Å². The Hall–Kier alpha value is -0.650. The molecule has 0 unspecified atom stereocenters. The molecule has 1 amide bonds. The number of hydrogen-bond acceptors (Lipinski definition) is 2. The van der Waals surface area contributed by atoms with E-state index in [1.807, 2.05) is 0 Å². The topological polar surface area (TPSA) is 55.1 Å². The molecule has 0 aliphatic heterocycles. The third kappa shape index (κ3) is 3.40.